The predicted octanol–water partition coefficient (Wildman–Crippen LogP) is 9.20. The van der Waals surface area contributed by atoms with Crippen LogP contribution in [0.4, 0.5) is 13.2 Å². The van der Waals surface area contributed by atoms with Gasteiger partial charge in [0.25, 0.3) is 0 Å². The molecule has 0 saturated carbocycles. The highest BCUT2D eigenvalue weighted by molar-refractivity contribution is 6.36. The number of alkyl halides is 1. The van der Waals surface area contributed by atoms with E-state index in [0.29, 0.717) is 16.3 Å². The molecule has 0 saturated heterocycles. The zero-order valence-electron chi connectivity index (χ0n) is 21.9. The van der Waals surface area contributed by atoms with Gasteiger partial charge >= 0.3 is 5.97 Å². The lowest BCUT2D eigenvalue weighted by atomic mass is 10.0. The Morgan fingerprint density at radius 2 is 1.71 bits per heavy atom. The average molecular weight is 609 g/mol. The Labute approximate surface area is 249 Å². The first-order valence-electron chi connectivity index (χ1n) is 12.5. The molecule has 212 valence electrons. The SMILES string of the molecule is COc1ccc(C(F)n2cc(-c3ccc(Cl)cc3Cl)nc2C=Cc2ccc(-c3cccc(C(=O)O)c3)cc2)c(F)c1F. The molecule has 1 atom stereocenters. The van der Waals surface area contributed by atoms with Crippen molar-refractivity contribution in [3.63, 3.8) is 0 Å². The van der Waals surface area contributed by atoms with E-state index in [1.807, 2.05) is 12.1 Å². The molecule has 1 N–H and O–H groups in total. The van der Waals surface area contributed by atoms with Crippen LogP contribution in [-0.2, 0) is 0 Å². The summed E-state index contributed by atoms with van der Waals surface area (Å²) in [5.41, 5.74) is 2.66. The number of methoxy groups -OCH3 is 1. The molecular formula is C32H21Cl2F3N2O3. The van der Waals surface area contributed by atoms with Crippen LogP contribution in [0.1, 0.15) is 33.6 Å². The monoisotopic (exact) mass is 608 g/mol. The number of carboxylic acids is 1. The number of benzene rings is 4. The molecule has 5 nitrogen and oxygen atoms in total. The third-order valence-corrected chi connectivity index (χ3v) is 7.09. The second-order valence-corrected chi connectivity index (χ2v) is 10.0. The summed E-state index contributed by atoms with van der Waals surface area (Å²) in [5.74, 6) is -3.93. The molecule has 5 aromatic rings. The van der Waals surface area contributed by atoms with Gasteiger partial charge in [-0.2, -0.15) is 4.39 Å². The molecule has 1 heterocycles. The summed E-state index contributed by atoms with van der Waals surface area (Å²) < 4.78 is 51.0. The van der Waals surface area contributed by atoms with Gasteiger partial charge in [-0.05, 0) is 65.2 Å². The van der Waals surface area contributed by atoms with Crippen LogP contribution < -0.4 is 4.74 Å². The van der Waals surface area contributed by atoms with E-state index < -0.39 is 29.5 Å². The Hall–Kier alpha value is -4.53. The van der Waals surface area contributed by atoms with Gasteiger partial charge in [0.15, 0.2) is 11.6 Å². The summed E-state index contributed by atoms with van der Waals surface area (Å²) >= 11 is 12.4. The molecule has 0 radical (unpaired) electrons. The number of rotatable bonds is 8. The summed E-state index contributed by atoms with van der Waals surface area (Å²) in [5, 5.41) is 9.95. The van der Waals surface area contributed by atoms with Gasteiger partial charge in [-0.25, -0.2) is 18.6 Å². The molecule has 0 amide bonds. The zero-order chi connectivity index (χ0) is 30.0. The molecule has 5 rings (SSSR count). The van der Waals surface area contributed by atoms with Gasteiger partial charge in [-0.15, -0.1) is 0 Å². The molecule has 0 bridgehead atoms. The van der Waals surface area contributed by atoms with Gasteiger partial charge in [0.2, 0.25) is 12.1 Å². The smallest absolute Gasteiger partial charge is 0.335 e. The van der Waals surface area contributed by atoms with Gasteiger partial charge in [-0.3, -0.25) is 4.57 Å². The zero-order valence-corrected chi connectivity index (χ0v) is 23.4. The highest BCUT2D eigenvalue weighted by Gasteiger charge is 2.25. The third kappa shape index (κ3) is 5.91. The van der Waals surface area contributed by atoms with E-state index in [-0.39, 0.29) is 22.2 Å². The van der Waals surface area contributed by atoms with Crippen molar-refractivity contribution in [2.24, 2.45) is 0 Å². The van der Waals surface area contributed by atoms with Crippen molar-refractivity contribution in [3.8, 4) is 28.1 Å². The van der Waals surface area contributed by atoms with Crippen molar-refractivity contribution < 1.29 is 27.8 Å². The fraction of sp³-hybridized carbons (Fsp3) is 0.0625. The van der Waals surface area contributed by atoms with Crippen LogP contribution in [-0.4, -0.2) is 27.7 Å². The maximum Gasteiger partial charge on any atom is 0.335 e. The maximum absolute atomic E-state index is 15.9. The average Bonchev–Trinajstić information content (AvgIpc) is 3.41. The minimum Gasteiger partial charge on any atom is -0.494 e. The molecule has 0 aliphatic heterocycles. The summed E-state index contributed by atoms with van der Waals surface area (Å²) in [6.07, 6.45) is 2.44. The van der Waals surface area contributed by atoms with Crippen LogP contribution in [0.5, 0.6) is 5.75 Å². The van der Waals surface area contributed by atoms with Crippen molar-refractivity contribution in [3.05, 3.63) is 129 Å². The molecule has 1 aromatic heterocycles. The summed E-state index contributed by atoms with van der Waals surface area (Å²) in [6, 6.07) is 20.8. The Balaban J connectivity index is 1.52. The molecular weight excluding hydrogens is 588 g/mol. The highest BCUT2D eigenvalue weighted by atomic mass is 35.5. The van der Waals surface area contributed by atoms with Gasteiger partial charge < -0.3 is 9.84 Å². The normalized spacial score (nSPS) is 12.0. The molecule has 0 aliphatic carbocycles. The first-order chi connectivity index (χ1) is 20.2. The summed E-state index contributed by atoms with van der Waals surface area (Å²) in [7, 11) is 1.19. The van der Waals surface area contributed by atoms with Crippen molar-refractivity contribution in [2.75, 3.05) is 7.11 Å². The van der Waals surface area contributed by atoms with Crippen molar-refractivity contribution in [1.82, 2.24) is 9.55 Å². The highest BCUT2D eigenvalue weighted by Crippen LogP contribution is 2.34. The van der Waals surface area contributed by atoms with E-state index in [1.54, 1.807) is 48.5 Å². The second kappa shape index (κ2) is 12.1. The van der Waals surface area contributed by atoms with Gasteiger partial charge in [0.05, 0.1) is 23.4 Å². The van der Waals surface area contributed by atoms with Gasteiger partial charge in [0.1, 0.15) is 5.82 Å². The Morgan fingerprint density at radius 3 is 2.40 bits per heavy atom. The van der Waals surface area contributed by atoms with E-state index in [9.17, 15) is 18.7 Å². The fourth-order valence-corrected chi connectivity index (χ4v) is 4.87. The molecule has 0 spiro atoms. The topological polar surface area (TPSA) is 64.4 Å². The summed E-state index contributed by atoms with van der Waals surface area (Å²) in [6.45, 7) is 0. The predicted molar refractivity (Wildman–Crippen MR) is 158 cm³/mol. The molecule has 42 heavy (non-hydrogen) atoms. The van der Waals surface area contributed by atoms with E-state index in [0.717, 1.165) is 33.4 Å². The van der Waals surface area contributed by atoms with Gasteiger partial charge in [0, 0.05) is 22.3 Å². The lowest BCUT2D eigenvalue weighted by Crippen LogP contribution is -2.10. The number of carbonyl (C=O) groups is 1. The number of aromatic nitrogens is 2. The lowest BCUT2D eigenvalue weighted by molar-refractivity contribution is 0.0697. The number of aromatic carboxylic acids is 1. The first-order valence-corrected chi connectivity index (χ1v) is 13.2. The summed E-state index contributed by atoms with van der Waals surface area (Å²) in [4.78, 5) is 15.8. The van der Waals surface area contributed by atoms with E-state index in [4.69, 9.17) is 27.9 Å². The molecule has 0 fully saturated rings. The van der Waals surface area contributed by atoms with Crippen LogP contribution in [0.2, 0.25) is 10.0 Å². The van der Waals surface area contributed by atoms with E-state index >= 15 is 4.39 Å². The molecule has 0 aliphatic rings. The third-order valence-electron chi connectivity index (χ3n) is 6.54. The Morgan fingerprint density at radius 1 is 0.952 bits per heavy atom. The number of nitrogens with zero attached hydrogens (tertiary/aromatic N) is 2. The van der Waals surface area contributed by atoms with Crippen LogP contribution in [0.25, 0.3) is 34.5 Å². The van der Waals surface area contributed by atoms with Crippen LogP contribution >= 0.6 is 23.2 Å². The minimum absolute atomic E-state index is 0.109. The number of carboxylic acid groups (broad SMARTS) is 1. The first kappa shape index (κ1) is 29.0. The quantitative estimate of drug-likeness (QED) is 0.191. The number of hydrogen-bond acceptors (Lipinski definition) is 3. The fourth-order valence-electron chi connectivity index (χ4n) is 4.37. The molecule has 4 aromatic carbocycles. The van der Waals surface area contributed by atoms with Crippen molar-refractivity contribution in [2.45, 2.75) is 6.30 Å². The van der Waals surface area contributed by atoms with Crippen molar-refractivity contribution in [1.29, 1.82) is 0 Å². The van der Waals surface area contributed by atoms with E-state index in [1.165, 1.54) is 31.5 Å². The number of imidazole rings is 1. The standard InChI is InChI=1S/C32H21Cl2F3N2O3/c1-42-27-13-12-24(29(35)30(27)36)31(37)39-17-26(23-11-10-22(33)16-25(23)34)38-28(39)14-7-18-5-8-19(9-6-18)20-3-2-4-21(15-20)32(40)41/h2-17,31H,1H3,(H,40,41). The van der Waals surface area contributed by atoms with E-state index in [2.05, 4.69) is 4.98 Å². The molecule has 1 unspecified atom stereocenters. The second-order valence-electron chi connectivity index (χ2n) is 9.18. The number of halogens is 5. The number of ether oxygens (including phenoxy) is 1. The molecule has 10 heteroatoms. The largest absolute Gasteiger partial charge is 0.494 e. The Bertz CT molecular complexity index is 1820. The van der Waals surface area contributed by atoms with Gasteiger partial charge in [-0.1, -0.05) is 65.7 Å². The van der Waals surface area contributed by atoms with Crippen LogP contribution in [0, 0.1) is 11.6 Å². The minimum atomic E-state index is -2.14. The van der Waals surface area contributed by atoms with Crippen molar-refractivity contribution >= 4 is 41.3 Å². The maximum atomic E-state index is 15.9. The number of hydrogen-bond donors (Lipinski definition) is 1. The lowest BCUT2D eigenvalue weighted by Gasteiger charge is -2.14. The van der Waals surface area contributed by atoms with Crippen LogP contribution in [0.15, 0.2) is 85.1 Å². The van der Waals surface area contributed by atoms with Crippen LogP contribution in [0.3, 0.4) is 0 Å². The Kier molecular flexibility index (Phi) is 8.38.